The lowest BCUT2D eigenvalue weighted by Crippen LogP contribution is -2.54. The van der Waals surface area contributed by atoms with E-state index in [4.69, 9.17) is 11.6 Å². The zero-order valence-corrected chi connectivity index (χ0v) is 11.1. The van der Waals surface area contributed by atoms with E-state index >= 15 is 0 Å². The second kappa shape index (κ2) is 5.20. The Hall–Kier alpha value is -1.20. The monoisotopic (exact) mass is 285 g/mol. The topological polar surface area (TPSA) is 66.4 Å². The first-order chi connectivity index (χ1) is 8.53. The maximum absolute atomic E-state index is 12.0. The third kappa shape index (κ3) is 2.62. The SMILES string of the molecule is O=C(NC1(C(=O)O)CCSC1)c1cccc(Cl)c1. The summed E-state index contributed by atoms with van der Waals surface area (Å²) in [6.45, 7) is 0. The van der Waals surface area contributed by atoms with Gasteiger partial charge in [0.25, 0.3) is 5.91 Å². The number of hydrogen-bond donors (Lipinski definition) is 2. The molecule has 1 unspecified atom stereocenters. The van der Waals surface area contributed by atoms with Gasteiger partial charge < -0.3 is 10.4 Å². The van der Waals surface area contributed by atoms with Gasteiger partial charge in [0.05, 0.1) is 0 Å². The molecule has 0 bridgehead atoms. The zero-order chi connectivity index (χ0) is 13.2. The van der Waals surface area contributed by atoms with Crippen LogP contribution in [0.15, 0.2) is 24.3 Å². The maximum Gasteiger partial charge on any atom is 0.330 e. The molecule has 0 aliphatic carbocycles. The number of carbonyl (C=O) groups is 2. The summed E-state index contributed by atoms with van der Waals surface area (Å²) in [5.41, 5.74) is -0.774. The fourth-order valence-corrected chi connectivity index (χ4v) is 3.32. The lowest BCUT2D eigenvalue weighted by atomic mass is 9.98. The van der Waals surface area contributed by atoms with Crippen molar-refractivity contribution < 1.29 is 14.7 Å². The molecule has 1 saturated heterocycles. The van der Waals surface area contributed by atoms with Crippen LogP contribution in [0.3, 0.4) is 0 Å². The first kappa shape index (κ1) is 13.2. The van der Waals surface area contributed by atoms with E-state index in [0.29, 0.717) is 22.8 Å². The van der Waals surface area contributed by atoms with Gasteiger partial charge in [-0.3, -0.25) is 4.79 Å². The average molecular weight is 286 g/mol. The number of thioether (sulfide) groups is 1. The average Bonchev–Trinajstić information content (AvgIpc) is 2.79. The molecule has 96 valence electrons. The number of carboxylic acid groups (broad SMARTS) is 1. The Morgan fingerprint density at radius 1 is 1.44 bits per heavy atom. The van der Waals surface area contributed by atoms with Gasteiger partial charge in [-0.25, -0.2) is 4.79 Å². The molecule has 0 aromatic heterocycles. The largest absolute Gasteiger partial charge is 0.479 e. The second-order valence-corrected chi connectivity index (χ2v) is 5.70. The molecule has 2 N–H and O–H groups in total. The highest BCUT2D eigenvalue weighted by atomic mass is 35.5. The Morgan fingerprint density at radius 3 is 2.78 bits per heavy atom. The summed E-state index contributed by atoms with van der Waals surface area (Å²) in [6, 6.07) is 6.46. The molecule has 0 saturated carbocycles. The van der Waals surface area contributed by atoms with Crippen LogP contribution in [0.5, 0.6) is 0 Å². The van der Waals surface area contributed by atoms with E-state index in [9.17, 15) is 14.7 Å². The van der Waals surface area contributed by atoms with Crippen LogP contribution in [0.4, 0.5) is 0 Å². The van der Waals surface area contributed by atoms with Crippen LogP contribution in [0, 0.1) is 0 Å². The molecular weight excluding hydrogens is 274 g/mol. The molecule has 1 amide bonds. The minimum Gasteiger partial charge on any atom is -0.479 e. The van der Waals surface area contributed by atoms with Crippen LogP contribution in [-0.2, 0) is 4.79 Å². The smallest absolute Gasteiger partial charge is 0.330 e. The standard InChI is InChI=1S/C12H12ClNO3S/c13-9-3-1-2-8(6-9)10(15)14-12(11(16)17)4-5-18-7-12/h1-3,6H,4-5,7H2,(H,14,15)(H,16,17). The Labute approximate surface area is 114 Å². The molecular formula is C12H12ClNO3S. The van der Waals surface area contributed by atoms with Crippen LogP contribution in [0.25, 0.3) is 0 Å². The van der Waals surface area contributed by atoms with Crippen LogP contribution in [0.1, 0.15) is 16.8 Å². The van der Waals surface area contributed by atoms with Crippen molar-refractivity contribution in [2.45, 2.75) is 12.0 Å². The Bertz CT molecular complexity index is 486. The molecule has 1 aromatic rings. The van der Waals surface area contributed by atoms with E-state index in [1.54, 1.807) is 18.2 Å². The molecule has 4 nitrogen and oxygen atoms in total. The van der Waals surface area contributed by atoms with E-state index in [-0.39, 0.29) is 0 Å². The van der Waals surface area contributed by atoms with Crippen molar-refractivity contribution in [3.63, 3.8) is 0 Å². The van der Waals surface area contributed by atoms with Crippen LogP contribution >= 0.6 is 23.4 Å². The fourth-order valence-electron chi connectivity index (χ4n) is 1.80. The number of carboxylic acids is 1. The van der Waals surface area contributed by atoms with E-state index in [1.807, 2.05) is 0 Å². The minimum absolute atomic E-state index is 0.375. The lowest BCUT2D eigenvalue weighted by molar-refractivity contribution is -0.143. The van der Waals surface area contributed by atoms with Crippen LogP contribution in [0.2, 0.25) is 5.02 Å². The number of amides is 1. The normalized spacial score (nSPS) is 22.7. The van der Waals surface area contributed by atoms with Crippen molar-refractivity contribution in [2.24, 2.45) is 0 Å². The fraction of sp³-hybridized carbons (Fsp3) is 0.333. The summed E-state index contributed by atoms with van der Waals surface area (Å²) in [4.78, 5) is 23.3. The van der Waals surface area contributed by atoms with E-state index in [1.165, 1.54) is 17.8 Å². The Morgan fingerprint density at radius 2 is 2.22 bits per heavy atom. The molecule has 6 heteroatoms. The predicted octanol–water partition coefficient (Wildman–Crippen LogP) is 2.03. The molecule has 1 aliphatic heterocycles. The van der Waals surface area contributed by atoms with Crippen molar-refractivity contribution >= 4 is 35.2 Å². The first-order valence-electron chi connectivity index (χ1n) is 5.43. The summed E-state index contributed by atoms with van der Waals surface area (Å²) >= 11 is 7.33. The summed E-state index contributed by atoms with van der Waals surface area (Å²) in [7, 11) is 0. The molecule has 1 fully saturated rings. The van der Waals surface area contributed by atoms with Gasteiger partial charge in [-0.2, -0.15) is 11.8 Å². The second-order valence-electron chi connectivity index (χ2n) is 4.15. The number of hydrogen-bond acceptors (Lipinski definition) is 3. The van der Waals surface area contributed by atoms with E-state index < -0.39 is 17.4 Å². The van der Waals surface area contributed by atoms with Gasteiger partial charge >= 0.3 is 5.97 Å². The number of rotatable bonds is 3. The molecule has 2 rings (SSSR count). The molecule has 1 aliphatic rings. The van der Waals surface area contributed by atoms with Crippen molar-refractivity contribution in [2.75, 3.05) is 11.5 Å². The van der Waals surface area contributed by atoms with Crippen LogP contribution < -0.4 is 5.32 Å². The number of aliphatic carboxylic acids is 1. The van der Waals surface area contributed by atoms with E-state index in [2.05, 4.69) is 5.32 Å². The van der Waals surface area contributed by atoms with Gasteiger partial charge in [0.2, 0.25) is 0 Å². The number of halogens is 1. The third-order valence-corrected chi connectivity index (χ3v) is 4.30. The Kier molecular flexibility index (Phi) is 3.82. The van der Waals surface area contributed by atoms with Crippen LogP contribution in [-0.4, -0.2) is 34.0 Å². The van der Waals surface area contributed by atoms with Gasteiger partial charge in [-0.05, 0) is 30.4 Å². The predicted molar refractivity (Wildman–Crippen MR) is 71.2 cm³/mol. The highest BCUT2D eigenvalue weighted by Gasteiger charge is 2.43. The first-order valence-corrected chi connectivity index (χ1v) is 6.96. The van der Waals surface area contributed by atoms with Crippen molar-refractivity contribution in [1.82, 2.24) is 5.32 Å². The summed E-state index contributed by atoms with van der Waals surface area (Å²) in [5, 5.41) is 12.3. The lowest BCUT2D eigenvalue weighted by Gasteiger charge is -2.24. The number of benzene rings is 1. The molecule has 0 radical (unpaired) electrons. The van der Waals surface area contributed by atoms with Gasteiger partial charge in [0.15, 0.2) is 0 Å². The number of nitrogens with one attached hydrogen (secondary N) is 1. The summed E-state index contributed by atoms with van der Waals surface area (Å²) in [6.07, 6.45) is 0.444. The minimum atomic E-state index is -1.15. The van der Waals surface area contributed by atoms with Gasteiger partial charge in [0, 0.05) is 16.3 Å². The summed E-state index contributed by atoms with van der Waals surface area (Å²) in [5.74, 6) is -0.248. The number of carbonyl (C=O) groups excluding carboxylic acids is 1. The Balaban J connectivity index is 2.18. The van der Waals surface area contributed by atoms with Gasteiger partial charge in [-0.15, -0.1) is 0 Å². The highest BCUT2D eigenvalue weighted by molar-refractivity contribution is 7.99. The third-order valence-electron chi connectivity index (χ3n) is 2.87. The van der Waals surface area contributed by atoms with Crippen molar-refractivity contribution in [3.8, 4) is 0 Å². The maximum atomic E-state index is 12.0. The summed E-state index contributed by atoms with van der Waals surface area (Å²) < 4.78 is 0. The van der Waals surface area contributed by atoms with Crippen molar-refractivity contribution in [1.29, 1.82) is 0 Å². The zero-order valence-electron chi connectivity index (χ0n) is 9.48. The molecule has 1 atom stereocenters. The molecule has 1 aromatic carbocycles. The quantitative estimate of drug-likeness (QED) is 0.892. The van der Waals surface area contributed by atoms with Gasteiger partial charge in [0.1, 0.15) is 5.54 Å². The van der Waals surface area contributed by atoms with E-state index in [0.717, 1.165) is 5.75 Å². The highest BCUT2D eigenvalue weighted by Crippen LogP contribution is 2.28. The molecule has 0 spiro atoms. The molecule has 18 heavy (non-hydrogen) atoms. The van der Waals surface area contributed by atoms with Crippen molar-refractivity contribution in [3.05, 3.63) is 34.9 Å². The van der Waals surface area contributed by atoms with Gasteiger partial charge in [-0.1, -0.05) is 17.7 Å². The molecule has 1 heterocycles.